The van der Waals surface area contributed by atoms with Crippen LogP contribution in [0, 0.1) is 0 Å². The second kappa shape index (κ2) is 6.87. The van der Waals surface area contributed by atoms with Crippen molar-refractivity contribution in [1.29, 1.82) is 0 Å². The summed E-state index contributed by atoms with van der Waals surface area (Å²) in [5.41, 5.74) is 0.644. The van der Waals surface area contributed by atoms with E-state index in [0.717, 1.165) is 24.9 Å². The average molecular weight is 371 g/mol. The second-order valence-electron chi connectivity index (χ2n) is 6.68. The Balaban J connectivity index is 1.67. The molecule has 22 heavy (non-hydrogen) atoms. The van der Waals surface area contributed by atoms with Crippen LogP contribution in [0.4, 0.5) is 4.79 Å². The third-order valence-electron chi connectivity index (χ3n) is 3.47. The SMILES string of the molecule is CC(C)(C)OC(=O)NC1CC(NCc2ccc(O)c(Br)c2)C1. The summed E-state index contributed by atoms with van der Waals surface area (Å²) >= 11 is 3.31. The normalized spacial score (nSPS) is 21.1. The first-order valence-corrected chi connectivity index (χ1v) is 8.22. The molecule has 1 aromatic carbocycles. The van der Waals surface area contributed by atoms with E-state index in [1.54, 1.807) is 6.07 Å². The maximum Gasteiger partial charge on any atom is 0.407 e. The summed E-state index contributed by atoms with van der Waals surface area (Å²) in [7, 11) is 0. The highest BCUT2D eigenvalue weighted by Gasteiger charge is 2.31. The van der Waals surface area contributed by atoms with Crippen molar-refractivity contribution in [3.05, 3.63) is 28.2 Å². The van der Waals surface area contributed by atoms with E-state index in [-0.39, 0.29) is 17.9 Å². The van der Waals surface area contributed by atoms with Crippen molar-refractivity contribution >= 4 is 22.0 Å². The molecular formula is C16H23BrN2O3. The minimum atomic E-state index is -0.461. The van der Waals surface area contributed by atoms with Gasteiger partial charge >= 0.3 is 6.09 Å². The van der Waals surface area contributed by atoms with Crippen LogP contribution in [0.25, 0.3) is 0 Å². The number of rotatable bonds is 4. The molecule has 1 aliphatic rings. The first kappa shape index (κ1) is 17.1. The molecule has 0 aromatic heterocycles. The summed E-state index contributed by atoms with van der Waals surface area (Å²) in [5, 5.41) is 15.8. The summed E-state index contributed by atoms with van der Waals surface area (Å²) in [4.78, 5) is 11.6. The average Bonchev–Trinajstić information content (AvgIpc) is 2.33. The van der Waals surface area contributed by atoms with Gasteiger partial charge in [-0.25, -0.2) is 4.79 Å². The van der Waals surface area contributed by atoms with Crippen LogP contribution < -0.4 is 10.6 Å². The number of aromatic hydroxyl groups is 1. The molecule has 0 unspecified atom stereocenters. The fourth-order valence-electron chi connectivity index (χ4n) is 2.30. The lowest BCUT2D eigenvalue weighted by Gasteiger charge is -2.36. The number of carbonyl (C=O) groups is 1. The minimum absolute atomic E-state index is 0.180. The standard InChI is InChI=1S/C16H23BrN2O3/c1-16(2,3)22-15(21)19-12-7-11(8-12)18-9-10-4-5-14(20)13(17)6-10/h4-6,11-12,18,20H,7-9H2,1-3H3,(H,19,21). The predicted molar refractivity (Wildman–Crippen MR) is 88.8 cm³/mol. The van der Waals surface area contributed by atoms with Crippen LogP contribution in [0.3, 0.4) is 0 Å². The Morgan fingerprint density at radius 1 is 1.36 bits per heavy atom. The Bertz CT molecular complexity index is 537. The Kier molecular flexibility index (Phi) is 5.34. The van der Waals surface area contributed by atoms with Crippen LogP contribution in [-0.2, 0) is 11.3 Å². The first-order chi connectivity index (χ1) is 10.2. The minimum Gasteiger partial charge on any atom is -0.507 e. The van der Waals surface area contributed by atoms with E-state index in [0.29, 0.717) is 10.5 Å². The lowest BCUT2D eigenvalue weighted by Crippen LogP contribution is -2.52. The topological polar surface area (TPSA) is 70.6 Å². The van der Waals surface area contributed by atoms with Gasteiger partial charge in [-0.2, -0.15) is 0 Å². The van der Waals surface area contributed by atoms with Crippen molar-refractivity contribution in [2.24, 2.45) is 0 Å². The molecule has 3 N–H and O–H groups in total. The Hall–Kier alpha value is -1.27. The fraction of sp³-hybridized carbons (Fsp3) is 0.562. The largest absolute Gasteiger partial charge is 0.507 e. The molecule has 122 valence electrons. The van der Waals surface area contributed by atoms with E-state index in [1.165, 1.54) is 0 Å². The number of alkyl carbamates (subject to hydrolysis) is 1. The number of phenolic OH excluding ortho intramolecular Hbond substituents is 1. The molecule has 0 spiro atoms. The quantitative estimate of drug-likeness (QED) is 0.760. The molecule has 2 rings (SSSR count). The van der Waals surface area contributed by atoms with Gasteiger partial charge in [-0.3, -0.25) is 0 Å². The lowest BCUT2D eigenvalue weighted by atomic mass is 9.87. The van der Waals surface area contributed by atoms with E-state index in [4.69, 9.17) is 4.74 Å². The monoisotopic (exact) mass is 370 g/mol. The molecule has 1 amide bonds. The molecule has 1 saturated carbocycles. The molecule has 0 bridgehead atoms. The zero-order valence-electron chi connectivity index (χ0n) is 13.1. The van der Waals surface area contributed by atoms with Crippen molar-refractivity contribution in [3.8, 4) is 5.75 Å². The third-order valence-corrected chi connectivity index (χ3v) is 4.10. The highest BCUT2D eigenvalue weighted by Crippen LogP contribution is 2.25. The number of hydrogen-bond donors (Lipinski definition) is 3. The number of ether oxygens (including phenoxy) is 1. The molecule has 0 heterocycles. The van der Waals surface area contributed by atoms with Gasteiger partial charge in [0.25, 0.3) is 0 Å². The van der Waals surface area contributed by atoms with Gasteiger partial charge in [0.15, 0.2) is 0 Å². The van der Waals surface area contributed by atoms with Crippen LogP contribution in [0.1, 0.15) is 39.2 Å². The molecule has 0 aliphatic heterocycles. The van der Waals surface area contributed by atoms with Gasteiger partial charge < -0.3 is 20.5 Å². The number of benzene rings is 1. The van der Waals surface area contributed by atoms with E-state index < -0.39 is 5.60 Å². The Morgan fingerprint density at radius 3 is 2.64 bits per heavy atom. The number of amides is 1. The third kappa shape index (κ3) is 5.18. The molecule has 1 aliphatic carbocycles. The van der Waals surface area contributed by atoms with Gasteiger partial charge in [-0.15, -0.1) is 0 Å². The van der Waals surface area contributed by atoms with Gasteiger partial charge in [-0.05, 0) is 67.2 Å². The van der Waals surface area contributed by atoms with E-state index in [9.17, 15) is 9.90 Å². The molecule has 0 radical (unpaired) electrons. The maximum absolute atomic E-state index is 11.6. The van der Waals surface area contributed by atoms with Crippen molar-refractivity contribution in [3.63, 3.8) is 0 Å². The van der Waals surface area contributed by atoms with Crippen LogP contribution in [-0.4, -0.2) is 28.9 Å². The molecule has 1 aromatic rings. The molecule has 5 nitrogen and oxygen atoms in total. The highest BCUT2D eigenvalue weighted by molar-refractivity contribution is 9.10. The summed E-state index contributed by atoms with van der Waals surface area (Å²) in [6, 6.07) is 6.04. The number of phenols is 1. The zero-order valence-corrected chi connectivity index (χ0v) is 14.7. The molecule has 6 heteroatoms. The first-order valence-electron chi connectivity index (χ1n) is 7.43. The van der Waals surface area contributed by atoms with Crippen LogP contribution in [0.5, 0.6) is 5.75 Å². The molecule has 1 fully saturated rings. The zero-order chi connectivity index (χ0) is 16.3. The van der Waals surface area contributed by atoms with Crippen LogP contribution >= 0.6 is 15.9 Å². The lowest BCUT2D eigenvalue weighted by molar-refractivity contribution is 0.0465. The van der Waals surface area contributed by atoms with Gasteiger partial charge in [0.1, 0.15) is 11.4 Å². The number of carbonyl (C=O) groups excluding carboxylic acids is 1. The fourth-order valence-corrected chi connectivity index (χ4v) is 2.73. The summed E-state index contributed by atoms with van der Waals surface area (Å²) in [5.74, 6) is 0.244. The van der Waals surface area contributed by atoms with E-state index in [1.807, 2.05) is 32.9 Å². The van der Waals surface area contributed by atoms with Crippen molar-refractivity contribution in [1.82, 2.24) is 10.6 Å². The maximum atomic E-state index is 11.6. The van der Waals surface area contributed by atoms with Gasteiger partial charge in [0.05, 0.1) is 4.47 Å². The van der Waals surface area contributed by atoms with E-state index >= 15 is 0 Å². The van der Waals surface area contributed by atoms with Gasteiger partial charge in [0, 0.05) is 18.6 Å². The summed E-state index contributed by atoms with van der Waals surface area (Å²) < 4.78 is 5.93. The van der Waals surface area contributed by atoms with Crippen molar-refractivity contribution in [2.45, 2.75) is 57.8 Å². The van der Waals surface area contributed by atoms with Gasteiger partial charge in [0.2, 0.25) is 0 Å². The smallest absolute Gasteiger partial charge is 0.407 e. The molecule has 0 atom stereocenters. The summed E-state index contributed by atoms with van der Waals surface area (Å²) in [6.07, 6.45) is 1.45. The van der Waals surface area contributed by atoms with E-state index in [2.05, 4.69) is 26.6 Å². The highest BCUT2D eigenvalue weighted by atomic mass is 79.9. The summed E-state index contributed by atoms with van der Waals surface area (Å²) in [6.45, 7) is 6.30. The van der Waals surface area contributed by atoms with Crippen LogP contribution in [0.2, 0.25) is 0 Å². The molecular weight excluding hydrogens is 348 g/mol. The van der Waals surface area contributed by atoms with Crippen molar-refractivity contribution < 1.29 is 14.6 Å². The van der Waals surface area contributed by atoms with Crippen LogP contribution in [0.15, 0.2) is 22.7 Å². The van der Waals surface area contributed by atoms with Crippen molar-refractivity contribution in [2.75, 3.05) is 0 Å². The number of nitrogens with one attached hydrogen (secondary N) is 2. The number of halogens is 1. The second-order valence-corrected chi connectivity index (χ2v) is 7.53. The van der Waals surface area contributed by atoms with Gasteiger partial charge in [-0.1, -0.05) is 6.07 Å². The molecule has 0 saturated heterocycles. The predicted octanol–water partition coefficient (Wildman–Crippen LogP) is 3.30. The Labute approximate surface area is 139 Å². The Morgan fingerprint density at radius 2 is 2.05 bits per heavy atom. The number of hydrogen-bond acceptors (Lipinski definition) is 4.